The van der Waals surface area contributed by atoms with Crippen LogP contribution >= 0.6 is 0 Å². The third kappa shape index (κ3) is 5.84. The highest BCUT2D eigenvalue weighted by Crippen LogP contribution is 2.40. The van der Waals surface area contributed by atoms with Gasteiger partial charge >= 0.3 is 6.09 Å². The van der Waals surface area contributed by atoms with Crippen molar-refractivity contribution in [1.82, 2.24) is 9.69 Å². The van der Waals surface area contributed by atoms with E-state index >= 15 is 0 Å². The Morgan fingerprint density at radius 2 is 2.03 bits per heavy atom. The molecule has 10 heteroatoms. The molecule has 0 bridgehead atoms. The second kappa shape index (κ2) is 11.0. The molecule has 0 aliphatic heterocycles. The number of hydrazine groups is 1. The van der Waals surface area contributed by atoms with Crippen LogP contribution in [0.4, 0.5) is 10.5 Å². The van der Waals surface area contributed by atoms with Crippen molar-refractivity contribution in [2.45, 2.75) is 45.3 Å². The Labute approximate surface area is 221 Å². The number of carbonyl (C=O) groups excluding carboxylic acids is 1. The highest BCUT2D eigenvalue weighted by Gasteiger charge is 2.31. The molecule has 1 amide bonds. The lowest BCUT2D eigenvalue weighted by atomic mass is 10.1. The van der Waals surface area contributed by atoms with Gasteiger partial charge in [0.15, 0.2) is 0 Å². The molecule has 2 fully saturated rings. The van der Waals surface area contributed by atoms with Crippen LogP contribution in [-0.4, -0.2) is 41.4 Å². The predicted molar refractivity (Wildman–Crippen MR) is 146 cm³/mol. The normalized spacial score (nSPS) is 15.8. The molecule has 5 rings (SSSR count). The zero-order chi connectivity index (χ0) is 26.6. The van der Waals surface area contributed by atoms with Crippen LogP contribution in [-0.2, 0) is 11.3 Å². The third-order valence-electron chi connectivity index (χ3n) is 7.07. The van der Waals surface area contributed by atoms with E-state index in [4.69, 9.17) is 21.1 Å². The van der Waals surface area contributed by atoms with Crippen molar-refractivity contribution in [3.8, 4) is 23.1 Å². The Kier molecular flexibility index (Phi) is 7.38. The molecule has 38 heavy (non-hydrogen) atoms. The maximum atomic E-state index is 12.3. The summed E-state index contributed by atoms with van der Waals surface area (Å²) < 4.78 is 13.6. The van der Waals surface area contributed by atoms with Gasteiger partial charge in [0, 0.05) is 23.7 Å². The van der Waals surface area contributed by atoms with Gasteiger partial charge in [-0.2, -0.15) is 10.4 Å². The molecule has 10 nitrogen and oxygen atoms in total. The number of nitrogens with two attached hydrogens (primary N) is 2. The number of aromatic nitrogens is 1. The van der Waals surface area contributed by atoms with Crippen LogP contribution in [0.1, 0.15) is 38.2 Å². The lowest BCUT2D eigenvalue weighted by Gasteiger charge is -2.14. The van der Waals surface area contributed by atoms with Crippen molar-refractivity contribution >= 4 is 29.0 Å². The van der Waals surface area contributed by atoms with E-state index in [1.807, 2.05) is 49.4 Å². The first-order chi connectivity index (χ1) is 18.5. The molecule has 0 saturated heterocycles. The van der Waals surface area contributed by atoms with Crippen LogP contribution < -0.4 is 21.6 Å². The van der Waals surface area contributed by atoms with Crippen molar-refractivity contribution in [3.05, 3.63) is 48.0 Å². The Morgan fingerprint density at radius 3 is 2.68 bits per heavy atom. The van der Waals surface area contributed by atoms with Crippen LogP contribution in [0.25, 0.3) is 22.2 Å². The van der Waals surface area contributed by atoms with E-state index in [0.717, 1.165) is 47.9 Å². The summed E-state index contributed by atoms with van der Waals surface area (Å²) in [6, 6.07) is 15.7. The SMILES string of the molecule is CC(OC(=O)Nc1ccc(-c2c(C#N)c3ccc(OCCN(N)/N=C\N)cc3n2CC2CC2)cc1)C1CC1. The van der Waals surface area contributed by atoms with E-state index in [0.29, 0.717) is 42.0 Å². The van der Waals surface area contributed by atoms with Gasteiger partial charge < -0.3 is 19.8 Å². The summed E-state index contributed by atoms with van der Waals surface area (Å²) >= 11 is 0. The maximum absolute atomic E-state index is 12.3. The molecule has 1 aromatic heterocycles. The van der Waals surface area contributed by atoms with Crippen molar-refractivity contribution in [2.75, 3.05) is 18.5 Å². The number of amides is 1. The minimum absolute atomic E-state index is 0.0758. The summed E-state index contributed by atoms with van der Waals surface area (Å²) in [5.74, 6) is 7.46. The number of fused-ring (bicyclic) bond motifs is 1. The highest BCUT2D eigenvalue weighted by atomic mass is 16.6. The Bertz CT molecular complexity index is 1370. The third-order valence-corrected chi connectivity index (χ3v) is 7.07. The smallest absolute Gasteiger partial charge is 0.411 e. The minimum Gasteiger partial charge on any atom is -0.492 e. The van der Waals surface area contributed by atoms with Crippen LogP contribution in [0.5, 0.6) is 5.75 Å². The largest absolute Gasteiger partial charge is 0.492 e. The first kappa shape index (κ1) is 25.4. The molecule has 2 aliphatic carbocycles. The van der Waals surface area contributed by atoms with Crippen molar-refractivity contribution in [3.63, 3.8) is 0 Å². The van der Waals surface area contributed by atoms with Crippen molar-refractivity contribution in [2.24, 2.45) is 28.5 Å². The molecule has 3 aromatic rings. The van der Waals surface area contributed by atoms with Gasteiger partial charge in [-0.1, -0.05) is 12.1 Å². The number of hydrazone groups is 1. The second-order valence-corrected chi connectivity index (χ2v) is 9.99. The van der Waals surface area contributed by atoms with Gasteiger partial charge in [-0.15, -0.1) is 0 Å². The summed E-state index contributed by atoms with van der Waals surface area (Å²) in [4.78, 5) is 12.3. The van der Waals surface area contributed by atoms with Gasteiger partial charge in [0.25, 0.3) is 0 Å². The predicted octanol–water partition coefficient (Wildman–Crippen LogP) is 4.39. The van der Waals surface area contributed by atoms with Gasteiger partial charge in [-0.3, -0.25) is 5.32 Å². The molecule has 1 unspecified atom stereocenters. The van der Waals surface area contributed by atoms with Gasteiger partial charge in [0.1, 0.15) is 30.9 Å². The Morgan fingerprint density at radius 1 is 1.26 bits per heavy atom. The van der Waals surface area contributed by atoms with Gasteiger partial charge in [0.2, 0.25) is 0 Å². The van der Waals surface area contributed by atoms with E-state index < -0.39 is 6.09 Å². The fourth-order valence-corrected chi connectivity index (χ4v) is 4.67. The minimum atomic E-state index is -0.446. The number of hydrogen-bond donors (Lipinski definition) is 3. The van der Waals surface area contributed by atoms with Crippen molar-refractivity contribution in [1.29, 1.82) is 5.26 Å². The number of hydrogen-bond acceptors (Lipinski definition) is 7. The van der Waals surface area contributed by atoms with E-state index in [9.17, 15) is 10.1 Å². The van der Waals surface area contributed by atoms with Crippen molar-refractivity contribution < 1.29 is 14.3 Å². The van der Waals surface area contributed by atoms with E-state index in [2.05, 4.69) is 21.1 Å². The topological polar surface area (TPSA) is 144 Å². The molecule has 5 N–H and O–H groups in total. The van der Waals surface area contributed by atoms with Crippen LogP contribution in [0, 0.1) is 23.2 Å². The van der Waals surface area contributed by atoms with Gasteiger partial charge in [-0.05, 0) is 74.3 Å². The lowest BCUT2D eigenvalue weighted by Crippen LogP contribution is -2.30. The number of benzene rings is 2. The van der Waals surface area contributed by atoms with E-state index in [-0.39, 0.29) is 6.10 Å². The average Bonchev–Trinajstić information content (AvgIpc) is 3.82. The first-order valence-electron chi connectivity index (χ1n) is 13.0. The summed E-state index contributed by atoms with van der Waals surface area (Å²) in [5, 5.41) is 18.8. The molecule has 198 valence electrons. The number of carbonyl (C=O) groups is 1. The number of anilines is 1. The molecule has 0 spiro atoms. The molecular formula is C28H33N7O3. The summed E-state index contributed by atoms with van der Waals surface area (Å²) in [7, 11) is 0. The number of nitrogens with zero attached hydrogens (tertiary/aromatic N) is 4. The van der Waals surface area contributed by atoms with Crippen LogP contribution in [0.2, 0.25) is 0 Å². The standard InChI is InChI=1S/C28H33N7O3/c1-18(20-4-5-20)38-28(36)33-22-8-6-21(7-9-22)27-25(15-29)24-11-10-23(37-13-12-35(31)32-17-30)14-26(24)34(27)16-19-2-3-19/h6-11,14,17-20H,2-5,12-13,16,31H2,1H3,(H2,30,32)(H,33,36). The Hall–Kier alpha value is -4.23. The first-order valence-corrected chi connectivity index (χ1v) is 13.0. The summed E-state index contributed by atoms with van der Waals surface area (Å²) in [6.45, 7) is 3.46. The van der Waals surface area contributed by atoms with E-state index in [1.165, 1.54) is 18.0 Å². The summed E-state index contributed by atoms with van der Waals surface area (Å²) in [6.07, 6.45) is 5.19. The number of nitrogens with one attached hydrogen (secondary N) is 1. The molecular weight excluding hydrogens is 482 g/mol. The molecule has 2 aliphatic rings. The maximum Gasteiger partial charge on any atom is 0.411 e. The summed E-state index contributed by atoms with van der Waals surface area (Å²) in [5.41, 5.74) is 9.26. The molecule has 1 atom stereocenters. The average molecular weight is 516 g/mol. The van der Waals surface area contributed by atoms with E-state index in [1.54, 1.807) is 0 Å². The number of ether oxygens (including phenoxy) is 2. The monoisotopic (exact) mass is 515 g/mol. The second-order valence-electron chi connectivity index (χ2n) is 9.99. The quantitative estimate of drug-likeness (QED) is 0.149. The van der Waals surface area contributed by atoms with Crippen LogP contribution in [0.3, 0.4) is 0 Å². The highest BCUT2D eigenvalue weighted by molar-refractivity contribution is 5.95. The number of nitriles is 1. The lowest BCUT2D eigenvalue weighted by molar-refractivity contribution is 0.108. The molecule has 0 radical (unpaired) electrons. The fourth-order valence-electron chi connectivity index (χ4n) is 4.67. The molecule has 2 saturated carbocycles. The molecule has 1 heterocycles. The zero-order valence-electron chi connectivity index (χ0n) is 21.5. The molecule has 2 aromatic carbocycles. The fraction of sp³-hybridized carbons (Fsp3) is 0.393. The van der Waals surface area contributed by atoms with Gasteiger partial charge in [-0.25, -0.2) is 15.8 Å². The Balaban J connectivity index is 1.40. The van der Waals surface area contributed by atoms with Crippen LogP contribution in [0.15, 0.2) is 47.6 Å². The number of rotatable bonds is 11. The van der Waals surface area contributed by atoms with Gasteiger partial charge in [0.05, 0.1) is 23.3 Å². The zero-order valence-corrected chi connectivity index (χ0v) is 21.5.